The molecule has 0 spiro atoms. The number of rotatable bonds is 15. The highest BCUT2D eigenvalue weighted by molar-refractivity contribution is 6.76. The molecule has 50 heavy (non-hydrogen) atoms. The van der Waals surface area contributed by atoms with E-state index in [0.717, 1.165) is 81.2 Å². The van der Waals surface area contributed by atoms with Gasteiger partial charge in [0.15, 0.2) is 5.82 Å². The number of nitrogens with zero attached hydrogens (tertiary/aromatic N) is 7. The van der Waals surface area contributed by atoms with Crippen molar-refractivity contribution in [1.82, 2.24) is 34.2 Å². The van der Waals surface area contributed by atoms with Crippen molar-refractivity contribution in [1.29, 1.82) is 0 Å². The fourth-order valence-corrected chi connectivity index (χ4v) is 7.88. The van der Waals surface area contributed by atoms with Crippen molar-refractivity contribution in [2.45, 2.75) is 105 Å². The molecule has 4 heterocycles. The van der Waals surface area contributed by atoms with Gasteiger partial charge in [-0.25, -0.2) is 14.1 Å². The predicted octanol–water partition coefficient (Wildman–Crippen LogP) is 8.51. The highest BCUT2D eigenvalue weighted by atomic mass is 28.3. The summed E-state index contributed by atoms with van der Waals surface area (Å²) in [7, 11) is -2.53. The molecule has 0 bridgehead atoms. The molecular weight excluding hydrogens is 662 g/mol. The van der Waals surface area contributed by atoms with Gasteiger partial charge in [-0.2, -0.15) is 5.10 Å². The van der Waals surface area contributed by atoms with E-state index in [0.29, 0.717) is 45.3 Å². The van der Waals surface area contributed by atoms with Crippen molar-refractivity contribution in [2.24, 2.45) is 0 Å². The lowest BCUT2D eigenvalue weighted by molar-refractivity contribution is 0.0814. The first-order chi connectivity index (χ1) is 23.8. The summed E-state index contributed by atoms with van der Waals surface area (Å²) in [6, 6.07) is 12.1. The van der Waals surface area contributed by atoms with Crippen molar-refractivity contribution in [3.05, 3.63) is 82.9 Å². The third kappa shape index (κ3) is 8.48. The lowest BCUT2D eigenvalue weighted by Gasteiger charge is -2.18. The smallest absolute Gasteiger partial charge is 0.163 e. The molecule has 2 aromatic carbocycles. The number of benzene rings is 2. The van der Waals surface area contributed by atoms with Gasteiger partial charge < -0.3 is 14.0 Å². The van der Waals surface area contributed by atoms with Gasteiger partial charge in [0.1, 0.15) is 25.0 Å². The number of aryl methyl sites for hydroxylation is 2. The SMILES string of the molecule is CCc1cc(C)c(F)cc1-c1ccc2c(-c3nc4c(n3COCC[Si](C)(C)C)CN(Cc3cnccn3)C4)nn(COCC[Si](C)(C)C)c2c1. The molecule has 1 aliphatic heterocycles. The second-order valence-electron chi connectivity index (χ2n) is 16.0. The van der Waals surface area contributed by atoms with E-state index in [-0.39, 0.29) is 5.82 Å². The standard InChI is InChI=1S/C38H52FN7O2Si2/c1-9-28-18-27(2)33(39)20-32(28)29-10-11-31-35(19-29)46(26-48-15-17-50(6,7)8)43-37(31)38-42-34-23-44(22-30-21-40-12-13-41-30)24-36(34)45(38)25-47-14-16-49(3,4)5/h10-13,18-21H,9,14-17,22-26H2,1-8H3. The topological polar surface area (TPSA) is 83.1 Å². The summed E-state index contributed by atoms with van der Waals surface area (Å²) in [5.74, 6) is 0.608. The van der Waals surface area contributed by atoms with Gasteiger partial charge in [-0.05, 0) is 65.9 Å². The highest BCUT2D eigenvalue weighted by Crippen LogP contribution is 2.36. The zero-order valence-corrected chi connectivity index (χ0v) is 33.0. The van der Waals surface area contributed by atoms with Crippen LogP contribution in [0.15, 0.2) is 48.9 Å². The van der Waals surface area contributed by atoms with Gasteiger partial charge in [0.25, 0.3) is 0 Å². The lowest BCUT2D eigenvalue weighted by Crippen LogP contribution is -2.22. The first kappa shape index (κ1) is 36.2. The quantitative estimate of drug-likeness (QED) is 0.0795. The van der Waals surface area contributed by atoms with Crippen LogP contribution in [0.4, 0.5) is 4.39 Å². The summed E-state index contributed by atoms with van der Waals surface area (Å²) in [5.41, 5.74) is 8.50. The summed E-state index contributed by atoms with van der Waals surface area (Å²) in [6.45, 7) is 22.4. The molecule has 0 radical (unpaired) electrons. The lowest BCUT2D eigenvalue weighted by atomic mass is 9.95. The molecule has 9 nitrogen and oxygen atoms in total. The molecule has 0 unspecified atom stereocenters. The number of ether oxygens (including phenoxy) is 2. The summed E-state index contributed by atoms with van der Waals surface area (Å²) >= 11 is 0. The second kappa shape index (κ2) is 15.0. The van der Waals surface area contributed by atoms with Crippen molar-refractivity contribution in [3.63, 3.8) is 0 Å². The van der Waals surface area contributed by atoms with Crippen LogP contribution in [-0.2, 0) is 49.0 Å². The summed E-state index contributed by atoms with van der Waals surface area (Å²) < 4.78 is 31.7. The number of halogens is 1. The Hall–Kier alpha value is -3.56. The molecule has 5 aromatic rings. The third-order valence-corrected chi connectivity index (χ3v) is 12.8. The maximum Gasteiger partial charge on any atom is 0.163 e. The number of imidazole rings is 1. The maximum absolute atomic E-state index is 14.9. The number of hydrogen-bond acceptors (Lipinski definition) is 7. The first-order valence-corrected chi connectivity index (χ1v) is 25.2. The van der Waals surface area contributed by atoms with Gasteiger partial charge >= 0.3 is 0 Å². The van der Waals surface area contributed by atoms with Crippen molar-refractivity contribution < 1.29 is 13.9 Å². The van der Waals surface area contributed by atoms with Crippen molar-refractivity contribution in [3.8, 4) is 22.6 Å². The molecule has 1 aliphatic rings. The number of fused-ring (bicyclic) bond motifs is 2. The molecule has 0 saturated carbocycles. The van der Waals surface area contributed by atoms with Gasteiger partial charge in [0.05, 0.1) is 22.6 Å². The summed E-state index contributed by atoms with van der Waals surface area (Å²) in [4.78, 5) is 16.3. The van der Waals surface area contributed by atoms with Crippen LogP contribution in [-0.4, -0.2) is 63.6 Å². The summed E-state index contributed by atoms with van der Waals surface area (Å²) in [5, 5.41) is 6.18. The minimum atomic E-state index is -1.26. The monoisotopic (exact) mass is 713 g/mol. The minimum absolute atomic E-state index is 0.194. The molecule has 0 atom stereocenters. The van der Waals surface area contributed by atoms with Crippen molar-refractivity contribution >= 4 is 27.1 Å². The van der Waals surface area contributed by atoms with E-state index in [9.17, 15) is 4.39 Å². The van der Waals surface area contributed by atoms with Crippen LogP contribution in [0.3, 0.4) is 0 Å². The van der Waals surface area contributed by atoms with E-state index in [1.165, 1.54) is 0 Å². The zero-order valence-electron chi connectivity index (χ0n) is 31.0. The Labute approximate surface area is 297 Å². The van der Waals surface area contributed by atoms with E-state index >= 15 is 0 Å². The number of hydrogen-bond donors (Lipinski definition) is 0. The predicted molar refractivity (Wildman–Crippen MR) is 204 cm³/mol. The number of aromatic nitrogens is 6. The van der Waals surface area contributed by atoms with Crippen LogP contribution in [0, 0.1) is 12.7 Å². The first-order valence-electron chi connectivity index (χ1n) is 17.8. The van der Waals surface area contributed by atoms with E-state index in [2.05, 4.69) is 83.8 Å². The molecule has 0 fully saturated rings. The molecular formula is C38H52FN7O2Si2. The Morgan fingerprint density at radius 1 is 0.900 bits per heavy atom. The molecule has 266 valence electrons. The van der Waals surface area contributed by atoms with Crippen LogP contribution in [0.2, 0.25) is 51.4 Å². The Balaban J connectivity index is 1.40. The Bertz CT molecular complexity index is 1950. The molecule has 0 N–H and O–H groups in total. The molecule has 6 rings (SSSR count). The average molecular weight is 714 g/mol. The van der Waals surface area contributed by atoms with Crippen LogP contribution in [0.25, 0.3) is 33.5 Å². The third-order valence-electron chi connectivity index (χ3n) is 9.37. The van der Waals surface area contributed by atoms with E-state index in [4.69, 9.17) is 19.6 Å². The van der Waals surface area contributed by atoms with Gasteiger partial charge in [-0.1, -0.05) is 58.3 Å². The highest BCUT2D eigenvalue weighted by Gasteiger charge is 2.30. The van der Waals surface area contributed by atoms with E-state index in [1.807, 2.05) is 23.9 Å². The summed E-state index contributed by atoms with van der Waals surface area (Å²) in [6.07, 6.45) is 6.07. The normalized spacial score (nSPS) is 13.9. The molecule has 12 heteroatoms. The van der Waals surface area contributed by atoms with Crippen LogP contribution >= 0.6 is 0 Å². The fraction of sp³-hybridized carbons (Fsp3) is 0.474. The Kier molecular flexibility index (Phi) is 10.8. The van der Waals surface area contributed by atoms with E-state index in [1.54, 1.807) is 18.5 Å². The fourth-order valence-electron chi connectivity index (χ4n) is 6.36. The molecule has 0 saturated heterocycles. The van der Waals surface area contributed by atoms with Crippen LogP contribution < -0.4 is 0 Å². The molecule has 0 aliphatic carbocycles. The molecule has 0 amide bonds. The zero-order chi connectivity index (χ0) is 35.6. The van der Waals surface area contributed by atoms with E-state index < -0.39 is 16.1 Å². The van der Waals surface area contributed by atoms with Crippen molar-refractivity contribution in [2.75, 3.05) is 13.2 Å². The van der Waals surface area contributed by atoms with Gasteiger partial charge in [-0.15, -0.1) is 0 Å². The maximum atomic E-state index is 14.9. The largest absolute Gasteiger partial charge is 0.361 e. The second-order valence-corrected chi connectivity index (χ2v) is 27.2. The Morgan fingerprint density at radius 3 is 2.32 bits per heavy atom. The van der Waals surface area contributed by atoms with Gasteiger partial charge in [-0.3, -0.25) is 14.9 Å². The average Bonchev–Trinajstić information content (AvgIpc) is 3.72. The van der Waals surface area contributed by atoms with Crippen LogP contribution in [0.5, 0.6) is 0 Å². The molecule has 3 aromatic heterocycles. The Morgan fingerprint density at radius 2 is 1.64 bits per heavy atom. The van der Waals surface area contributed by atoms with Gasteiger partial charge in [0.2, 0.25) is 0 Å². The minimum Gasteiger partial charge on any atom is -0.361 e. The van der Waals surface area contributed by atoms with Gasteiger partial charge in [0, 0.05) is 73.0 Å². The van der Waals surface area contributed by atoms with Crippen LogP contribution in [0.1, 0.15) is 35.1 Å².